The van der Waals surface area contributed by atoms with E-state index in [1.54, 1.807) is 24.3 Å². The molecule has 3 rings (SSSR count). The summed E-state index contributed by atoms with van der Waals surface area (Å²) >= 11 is 6.08. The molecular formula is C18H17ClN2O3. The second-order valence-corrected chi connectivity index (χ2v) is 6.09. The minimum Gasteiger partial charge on any atom is -0.495 e. The Balaban J connectivity index is 1.82. The Morgan fingerprint density at radius 2 is 2.08 bits per heavy atom. The summed E-state index contributed by atoms with van der Waals surface area (Å²) in [6.45, 7) is 1.84. The van der Waals surface area contributed by atoms with Crippen molar-refractivity contribution in [3.8, 4) is 5.75 Å². The Morgan fingerprint density at radius 1 is 1.33 bits per heavy atom. The van der Waals surface area contributed by atoms with E-state index in [0.29, 0.717) is 28.4 Å². The van der Waals surface area contributed by atoms with Gasteiger partial charge in [0.2, 0.25) is 5.91 Å². The molecule has 0 saturated carbocycles. The van der Waals surface area contributed by atoms with Crippen LogP contribution in [0.15, 0.2) is 36.4 Å². The van der Waals surface area contributed by atoms with Gasteiger partial charge in [-0.1, -0.05) is 29.8 Å². The van der Waals surface area contributed by atoms with Gasteiger partial charge in [0, 0.05) is 23.1 Å². The quantitative estimate of drug-likeness (QED) is 0.899. The molecule has 1 unspecified atom stereocenters. The van der Waals surface area contributed by atoms with Crippen molar-refractivity contribution in [1.82, 2.24) is 5.32 Å². The van der Waals surface area contributed by atoms with Gasteiger partial charge in [0.05, 0.1) is 12.8 Å². The van der Waals surface area contributed by atoms with Gasteiger partial charge in [0.1, 0.15) is 11.8 Å². The monoisotopic (exact) mass is 344 g/mol. The van der Waals surface area contributed by atoms with Gasteiger partial charge in [-0.05, 0) is 30.2 Å². The van der Waals surface area contributed by atoms with Crippen LogP contribution in [-0.2, 0) is 11.2 Å². The summed E-state index contributed by atoms with van der Waals surface area (Å²) in [7, 11) is 1.51. The molecule has 1 heterocycles. The van der Waals surface area contributed by atoms with Gasteiger partial charge in [0.25, 0.3) is 5.91 Å². The summed E-state index contributed by atoms with van der Waals surface area (Å²) in [5.41, 5.74) is 2.82. The van der Waals surface area contributed by atoms with Crippen molar-refractivity contribution in [3.05, 3.63) is 58.1 Å². The van der Waals surface area contributed by atoms with Crippen molar-refractivity contribution in [2.24, 2.45) is 0 Å². The summed E-state index contributed by atoms with van der Waals surface area (Å²) < 4.78 is 5.26. The van der Waals surface area contributed by atoms with Crippen molar-refractivity contribution in [1.29, 1.82) is 0 Å². The molecule has 124 valence electrons. The second-order valence-electron chi connectivity index (χ2n) is 5.68. The summed E-state index contributed by atoms with van der Waals surface area (Å²) in [5, 5.41) is 6.11. The lowest BCUT2D eigenvalue weighted by Gasteiger charge is -2.25. The number of carbonyl (C=O) groups is 2. The first-order valence-corrected chi connectivity index (χ1v) is 7.91. The van der Waals surface area contributed by atoms with Crippen LogP contribution >= 0.6 is 11.6 Å². The maximum absolute atomic E-state index is 12.6. The molecule has 1 aliphatic heterocycles. The number of ether oxygens (including phenoxy) is 1. The average Bonchev–Trinajstić information content (AvgIpc) is 2.57. The third-order valence-corrected chi connectivity index (χ3v) is 4.45. The molecule has 2 N–H and O–H groups in total. The number of halogens is 1. The maximum Gasteiger partial charge on any atom is 0.252 e. The zero-order valence-corrected chi connectivity index (χ0v) is 14.1. The minimum atomic E-state index is -0.631. The van der Waals surface area contributed by atoms with Crippen LogP contribution in [0.5, 0.6) is 5.75 Å². The first-order valence-electron chi connectivity index (χ1n) is 7.53. The van der Waals surface area contributed by atoms with Gasteiger partial charge in [-0.25, -0.2) is 0 Å². The Bertz CT molecular complexity index is 820. The number of benzene rings is 2. The van der Waals surface area contributed by atoms with E-state index >= 15 is 0 Å². The zero-order valence-electron chi connectivity index (χ0n) is 13.4. The molecule has 0 saturated heterocycles. The molecule has 1 aliphatic rings. The Morgan fingerprint density at radius 3 is 2.83 bits per heavy atom. The molecule has 6 heteroatoms. The summed E-state index contributed by atoms with van der Waals surface area (Å²) in [5.74, 6) is -0.0596. The fourth-order valence-corrected chi connectivity index (χ4v) is 2.89. The van der Waals surface area contributed by atoms with Crippen molar-refractivity contribution in [3.63, 3.8) is 0 Å². The fourth-order valence-electron chi connectivity index (χ4n) is 2.73. The van der Waals surface area contributed by atoms with Gasteiger partial charge in [0.15, 0.2) is 0 Å². The third-order valence-electron chi connectivity index (χ3n) is 4.05. The number of anilines is 1. The molecule has 2 aromatic carbocycles. The van der Waals surface area contributed by atoms with Crippen LogP contribution < -0.4 is 15.4 Å². The largest absolute Gasteiger partial charge is 0.495 e. The molecule has 0 aliphatic carbocycles. The smallest absolute Gasteiger partial charge is 0.252 e. The molecule has 0 bridgehead atoms. The van der Waals surface area contributed by atoms with Crippen molar-refractivity contribution in [2.45, 2.75) is 19.4 Å². The highest BCUT2D eigenvalue weighted by Crippen LogP contribution is 2.31. The van der Waals surface area contributed by atoms with Gasteiger partial charge >= 0.3 is 0 Å². The van der Waals surface area contributed by atoms with Crippen molar-refractivity contribution in [2.75, 3.05) is 12.4 Å². The Kier molecular flexibility index (Phi) is 4.44. The summed E-state index contributed by atoms with van der Waals surface area (Å²) in [6.07, 6.45) is 0.447. The zero-order chi connectivity index (χ0) is 17.3. The van der Waals surface area contributed by atoms with Crippen LogP contribution in [0, 0.1) is 6.92 Å². The highest BCUT2D eigenvalue weighted by molar-refractivity contribution is 6.31. The van der Waals surface area contributed by atoms with Crippen molar-refractivity contribution < 1.29 is 14.3 Å². The van der Waals surface area contributed by atoms with Gasteiger partial charge < -0.3 is 15.4 Å². The molecule has 0 aromatic heterocycles. The predicted molar refractivity (Wildman–Crippen MR) is 92.8 cm³/mol. The molecule has 2 aromatic rings. The fraction of sp³-hybridized carbons (Fsp3) is 0.222. The topological polar surface area (TPSA) is 67.4 Å². The van der Waals surface area contributed by atoms with Crippen LogP contribution in [0.4, 0.5) is 5.69 Å². The van der Waals surface area contributed by atoms with Crippen LogP contribution in [-0.4, -0.2) is 25.0 Å². The standard InChI is InChI=1S/C18H17ClN2O3/c1-10-7-14(16(24-2)9-13(10)19)20-18(23)15-8-11-5-3-4-6-12(11)17(22)21-15/h3-7,9,15H,8H2,1-2H3,(H,20,23)(H,21,22). The lowest BCUT2D eigenvalue weighted by molar-refractivity contribution is -0.118. The number of fused-ring (bicyclic) bond motifs is 1. The van der Waals surface area contributed by atoms with Crippen LogP contribution in [0.3, 0.4) is 0 Å². The van der Waals surface area contributed by atoms with Crippen molar-refractivity contribution >= 4 is 29.1 Å². The number of methoxy groups -OCH3 is 1. The average molecular weight is 345 g/mol. The van der Waals surface area contributed by atoms with Crippen LogP contribution in [0.2, 0.25) is 5.02 Å². The molecule has 0 radical (unpaired) electrons. The van der Waals surface area contributed by atoms with E-state index in [9.17, 15) is 9.59 Å². The molecular weight excluding hydrogens is 328 g/mol. The summed E-state index contributed by atoms with van der Waals surface area (Å²) in [4.78, 5) is 24.7. The first-order chi connectivity index (χ1) is 11.5. The van der Waals surface area contributed by atoms with E-state index in [4.69, 9.17) is 16.3 Å². The Hall–Kier alpha value is -2.53. The normalized spacial score (nSPS) is 16.1. The minimum absolute atomic E-state index is 0.240. The molecule has 0 fully saturated rings. The number of amides is 2. The molecule has 24 heavy (non-hydrogen) atoms. The van der Waals surface area contributed by atoms with Gasteiger partial charge in [-0.15, -0.1) is 0 Å². The lowest BCUT2D eigenvalue weighted by atomic mass is 9.95. The number of hydrogen-bond donors (Lipinski definition) is 2. The van der Waals surface area contributed by atoms with Gasteiger partial charge in [-0.3, -0.25) is 9.59 Å². The molecule has 2 amide bonds. The SMILES string of the molecule is COc1cc(Cl)c(C)cc1NC(=O)C1Cc2ccccc2C(=O)N1. The van der Waals surface area contributed by atoms with E-state index in [2.05, 4.69) is 10.6 Å². The number of aryl methyl sites for hydroxylation is 1. The highest BCUT2D eigenvalue weighted by Gasteiger charge is 2.29. The first kappa shape index (κ1) is 16.3. The molecule has 1 atom stereocenters. The van der Waals surface area contributed by atoms with E-state index in [1.807, 2.05) is 19.1 Å². The molecule has 0 spiro atoms. The van der Waals surface area contributed by atoms with E-state index < -0.39 is 6.04 Å². The molecule has 5 nitrogen and oxygen atoms in total. The second kappa shape index (κ2) is 6.53. The number of hydrogen-bond acceptors (Lipinski definition) is 3. The number of carbonyl (C=O) groups excluding carboxylic acids is 2. The third kappa shape index (κ3) is 3.08. The van der Waals surface area contributed by atoms with E-state index in [1.165, 1.54) is 7.11 Å². The number of nitrogens with one attached hydrogen (secondary N) is 2. The number of rotatable bonds is 3. The Labute approximate surface area is 145 Å². The van der Waals surface area contributed by atoms with Crippen LogP contribution in [0.1, 0.15) is 21.5 Å². The van der Waals surface area contributed by atoms with E-state index in [0.717, 1.165) is 11.1 Å². The van der Waals surface area contributed by atoms with Gasteiger partial charge in [-0.2, -0.15) is 0 Å². The van der Waals surface area contributed by atoms with E-state index in [-0.39, 0.29) is 11.8 Å². The highest BCUT2D eigenvalue weighted by atomic mass is 35.5. The maximum atomic E-state index is 12.6. The van der Waals surface area contributed by atoms with Crippen LogP contribution in [0.25, 0.3) is 0 Å². The predicted octanol–water partition coefficient (Wildman–Crippen LogP) is 2.95. The summed E-state index contributed by atoms with van der Waals surface area (Å²) in [6, 6.07) is 10.1. The lowest BCUT2D eigenvalue weighted by Crippen LogP contribution is -2.48.